The minimum absolute atomic E-state index is 0.0540. The first kappa shape index (κ1) is 14.6. The highest BCUT2D eigenvalue weighted by molar-refractivity contribution is 5.69. The summed E-state index contributed by atoms with van der Waals surface area (Å²) >= 11 is 0. The lowest BCUT2D eigenvalue weighted by Gasteiger charge is -2.20. The lowest BCUT2D eigenvalue weighted by atomic mass is 9.94. The predicted octanol–water partition coefficient (Wildman–Crippen LogP) is 0.760. The lowest BCUT2D eigenvalue weighted by molar-refractivity contribution is -0.490. The molecular weight excluding hydrogens is 242 g/mol. The molecule has 0 bridgehead atoms. The molecule has 7 heteroatoms. The van der Waals surface area contributed by atoms with Crippen molar-refractivity contribution in [3.8, 4) is 0 Å². The van der Waals surface area contributed by atoms with E-state index in [4.69, 9.17) is 14.2 Å². The monoisotopic (exact) mass is 259 g/mol. The molecule has 0 saturated carbocycles. The molecule has 1 saturated heterocycles. The van der Waals surface area contributed by atoms with Crippen molar-refractivity contribution in [2.75, 3.05) is 19.9 Å². The maximum absolute atomic E-state index is 11.4. The zero-order chi connectivity index (χ0) is 13.5. The van der Waals surface area contributed by atoms with Gasteiger partial charge in [-0.05, 0) is 6.92 Å². The Hall–Kier alpha value is -1.47. The van der Waals surface area contributed by atoms with Crippen LogP contribution in [0.3, 0.4) is 0 Å². The van der Waals surface area contributed by atoms with Crippen LogP contribution in [-0.4, -0.2) is 43.0 Å². The van der Waals surface area contributed by atoms with Crippen LogP contribution in [0.4, 0.5) is 0 Å². The number of nitro groups is 1. The zero-order valence-electron chi connectivity index (χ0n) is 10.2. The molecule has 1 heterocycles. The summed E-state index contributed by atoms with van der Waals surface area (Å²) in [6, 6.07) is 0. The third kappa shape index (κ3) is 4.08. The minimum Gasteiger partial charge on any atom is -0.466 e. The molecule has 18 heavy (non-hydrogen) atoms. The Balaban J connectivity index is 2.67. The number of carbonyl (C=O) groups is 1. The molecule has 102 valence electrons. The Labute approximate surface area is 105 Å². The second kappa shape index (κ2) is 7.07. The van der Waals surface area contributed by atoms with Crippen LogP contribution in [0.5, 0.6) is 0 Å². The van der Waals surface area contributed by atoms with E-state index in [1.165, 1.54) is 6.08 Å². The summed E-state index contributed by atoms with van der Waals surface area (Å²) in [5, 5.41) is 10.6. The molecule has 0 aliphatic carbocycles. The number of esters is 1. The summed E-state index contributed by atoms with van der Waals surface area (Å²) in [6.45, 7) is 5.20. The largest absolute Gasteiger partial charge is 0.466 e. The summed E-state index contributed by atoms with van der Waals surface area (Å²) in [4.78, 5) is 21.6. The zero-order valence-corrected chi connectivity index (χ0v) is 10.2. The van der Waals surface area contributed by atoms with Gasteiger partial charge in [0.25, 0.3) is 0 Å². The van der Waals surface area contributed by atoms with Crippen molar-refractivity contribution in [1.29, 1.82) is 0 Å². The highest BCUT2D eigenvalue weighted by atomic mass is 16.7. The number of carbonyl (C=O) groups excluding carboxylic acids is 1. The van der Waals surface area contributed by atoms with Crippen LogP contribution < -0.4 is 0 Å². The SMILES string of the molecule is C=C[C@H]1OCO[C@H]1[C@@H](CC(=O)OCC)C[N+](=O)[O-]. The van der Waals surface area contributed by atoms with Crippen molar-refractivity contribution >= 4 is 5.97 Å². The molecular formula is C11H17NO6. The number of rotatable bonds is 7. The molecule has 0 radical (unpaired) electrons. The first-order valence-electron chi connectivity index (χ1n) is 5.71. The van der Waals surface area contributed by atoms with Gasteiger partial charge in [0.2, 0.25) is 6.54 Å². The maximum Gasteiger partial charge on any atom is 0.306 e. The summed E-state index contributed by atoms with van der Waals surface area (Å²) in [5.41, 5.74) is 0. The van der Waals surface area contributed by atoms with Crippen LogP contribution >= 0.6 is 0 Å². The molecule has 0 spiro atoms. The van der Waals surface area contributed by atoms with E-state index < -0.39 is 29.0 Å². The second-order valence-electron chi connectivity index (χ2n) is 3.90. The topological polar surface area (TPSA) is 87.9 Å². The molecule has 0 amide bonds. The van der Waals surface area contributed by atoms with E-state index >= 15 is 0 Å². The van der Waals surface area contributed by atoms with Crippen molar-refractivity contribution in [1.82, 2.24) is 0 Å². The fourth-order valence-electron chi connectivity index (χ4n) is 1.90. The van der Waals surface area contributed by atoms with E-state index in [1.807, 2.05) is 0 Å². The molecule has 0 unspecified atom stereocenters. The minimum atomic E-state index is -0.579. The van der Waals surface area contributed by atoms with Gasteiger partial charge in [-0.2, -0.15) is 0 Å². The fraction of sp³-hybridized carbons (Fsp3) is 0.727. The van der Waals surface area contributed by atoms with Crippen LogP contribution in [0, 0.1) is 16.0 Å². The van der Waals surface area contributed by atoms with Crippen molar-refractivity contribution in [3.05, 3.63) is 22.8 Å². The van der Waals surface area contributed by atoms with Gasteiger partial charge in [-0.25, -0.2) is 0 Å². The van der Waals surface area contributed by atoms with Crippen molar-refractivity contribution in [2.45, 2.75) is 25.6 Å². The van der Waals surface area contributed by atoms with Crippen LogP contribution in [-0.2, 0) is 19.0 Å². The van der Waals surface area contributed by atoms with Gasteiger partial charge in [-0.3, -0.25) is 14.9 Å². The molecule has 1 aliphatic heterocycles. The van der Waals surface area contributed by atoms with E-state index in [1.54, 1.807) is 6.92 Å². The van der Waals surface area contributed by atoms with Gasteiger partial charge in [0.15, 0.2) is 0 Å². The van der Waals surface area contributed by atoms with Gasteiger partial charge in [-0.15, -0.1) is 6.58 Å². The third-order valence-electron chi connectivity index (χ3n) is 2.66. The van der Waals surface area contributed by atoms with Gasteiger partial charge >= 0.3 is 5.97 Å². The Morgan fingerprint density at radius 2 is 2.39 bits per heavy atom. The fourth-order valence-corrected chi connectivity index (χ4v) is 1.90. The van der Waals surface area contributed by atoms with Crippen molar-refractivity contribution in [3.63, 3.8) is 0 Å². The smallest absolute Gasteiger partial charge is 0.306 e. The summed E-state index contributed by atoms with van der Waals surface area (Å²) in [5.74, 6) is -1.05. The molecule has 0 aromatic heterocycles. The highest BCUT2D eigenvalue weighted by Gasteiger charge is 2.38. The quantitative estimate of drug-likeness (QED) is 0.290. The van der Waals surface area contributed by atoms with Gasteiger partial charge in [0.1, 0.15) is 12.9 Å². The van der Waals surface area contributed by atoms with E-state index in [0.29, 0.717) is 0 Å². The molecule has 1 fully saturated rings. The molecule has 1 aliphatic rings. The Kier molecular flexibility index (Phi) is 5.73. The van der Waals surface area contributed by atoms with Crippen molar-refractivity contribution in [2.24, 2.45) is 5.92 Å². The van der Waals surface area contributed by atoms with Crippen LogP contribution in [0.2, 0.25) is 0 Å². The lowest BCUT2D eigenvalue weighted by Crippen LogP contribution is -2.36. The Bertz CT molecular complexity index is 319. The molecule has 7 nitrogen and oxygen atoms in total. The predicted molar refractivity (Wildman–Crippen MR) is 61.4 cm³/mol. The average molecular weight is 259 g/mol. The van der Waals surface area contributed by atoms with Gasteiger partial charge in [-0.1, -0.05) is 6.08 Å². The Morgan fingerprint density at radius 1 is 1.67 bits per heavy atom. The van der Waals surface area contributed by atoms with Gasteiger partial charge in [0.05, 0.1) is 25.0 Å². The molecule has 0 aromatic carbocycles. The van der Waals surface area contributed by atoms with Gasteiger partial charge in [0, 0.05) is 4.92 Å². The molecule has 3 atom stereocenters. The molecule has 1 rings (SSSR count). The number of hydrogen-bond donors (Lipinski definition) is 0. The standard InChI is InChI=1S/C11H17NO6/c1-3-9-11(18-7-17-9)8(6-12(14)15)5-10(13)16-4-2/h3,8-9,11H,1,4-7H2,2H3/t8-,9+,11-/m0/s1. The second-order valence-corrected chi connectivity index (χ2v) is 3.90. The molecule has 0 N–H and O–H groups in total. The van der Waals surface area contributed by atoms with E-state index in [0.717, 1.165) is 0 Å². The van der Waals surface area contributed by atoms with E-state index in [-0.39, 0.29) is 26.4 Å². The average Bonchev–Trinajstić information content (AvgIpc) is 2.75. The summed E-state index contributed by atoms with van der Waals surface area (Å²) < 4.78 is 15.3. The third-order valence-corrected chi connectivity index (χ3v) is 2.66. The van der Waals surface area contributed by atoms with Crippen LogP contribution in [0.1, 0.15) is 13.3 Å². The van der Waals surface area contributed by atoms with Gasteiger partial charge < -0.3 is 14.2 Å². The summed E-state index contributed by atoms with van der Waals surface area (Å²) in [6.07, 6.45) is 0.504. The first-order valence-corrected chi connectivity index (χ1v) is 5.71. The first-order chi connectivity index (χ1) is 8.58. The van der Waals surface area contributed by atoms with E-state index in [9.17, 15) is 14.9 Å². The van der Waals surface area contributed by atoms with Crippen LogP contribution in [0.15, 0.2) is 12.7 Å². The van der Waals surface area contributed by atoms with Crippen molar-refractivity contribution < 1.29 is 23.9 Å². The van der Waals surface area contributed by atoms with E-state index in [2.05, 4.69) is 6.58 Å². The maximum atomic E-state index is 11.4. The Morgan fingerprint density at radius 3 is 2.94 bits per heavy atom. The molecule has 0 aromatic rings. The summed E-state index contributed by atoms with van der Waals surface area (Å²) in [7, 11) is 0. The number of hydrogen-bond acceptors (Lipinski definition) is 6. The normalized spacial score (nSPS) is 24.5. The number of ether oxygens (including phenoxy) is 3. The highest BCUT2D eigenvalue weighted by Crippen LogP contribution is 2.24. The number of nitrogens with zero attached hydrogens (tertiary/aromatic N) is 1. The van der Waals surface area contributed by atoms with Crippen LogP contribution in [0.25, 0.3) is 0 Å².